The van der Waals surface area contributed by atoms with Gasteiger partial charge in [-0.15, -0.1) is 0 Å². The van der Waals surface area contributed by atoms with Crippen molar-refractivity contribution in [3.63, 3.8) is 0 Å². The van der Waals surface area contributed by atoms with E-state index >= 15 is 4.39 Å². The zero-order chi connectivity index (χ0) is 26.0. The highest BCUT2D eigenvalue weighted by molar-refractivity contribution is 6.09. The molecule has 3 aliphatic heterocycles. The molecule has 0 unspecified atom stereocenters. The number of amides is 3. The molecule has 2 N–H and O–H groups in total. The summed E-state index contributed by atoms with van der Waals surface area (Å²) in [4.78, 5) is 29.9. The number of carbonyl (C=O) groups is 2. The number of benzene rings is 1. The Labute approximate surface area is 213 Å². The molecule has 1 aromatic heterocycles. The third-order valence-corrected chi connectivity index (χ3v) is 7.99. The molecule has 0 saturated carbocycles. The summed E-state index contributed by atoms with van der Waals surface area (Å²) in [7, 11) is 1.69. The van der Waals surface area contributed by atoms with Gasteiger partial charge >= 0.3 is 6.03 Å². The van der Waals surface area contributed by atoms with Crippen molar-refractivity contribution in [2.45, 2.75) is 52.5 Å². The molecule has 4 heterocycles. The highest BCUT2D eigenvalue weighted by atomic mass is 19.1. The lowest BCUT2D eigenvalue weighted by molar-refractivity contribution is -0.120. The van der Waals surface area contributed by atoms with E-state index in [2.05, 4.69) is 39.4 Å². The van der Waals surface area contributed by atoms with Crippen molar-refractivity contribution in [3.05, 3.63) is 17.9 Å². The quantitative estimate of drug-likeness (QED) is 0.670. The molecule has 0 radical (unpaired) electrons. The van der Waals surface area contributed by atoms with Crippen molar-refractivity contribution in [3.8, 4) is 0 Å². The first-order valence-corrected chi connectivity index (χ1v) is 13.2. The molecular formula is C26H40FN7O2. The summed E-state index contributed by atoms with van der Waals surface area (Å²) in [5.74, 6) is 0.417. The Bertz CT molecular complexity index is 1100. The van der Waals surface area contributed by atoms with Gasteiger partial charge in [-0.1, -0.05) is 13.8 Å². The number of nitrogens with zero attached hydrogens (tertiary/aromatic N) is 5. The Morgan fingerprint density at radius 3 is 2.33 bits per heavy atom. The maximum Gasteiger partial charge on any atom is 0.329 e. The number of nitrogens with one attached hydrogen (secondary N) is 2. The Kier molecular flexibility index (Phi) is 7.85. The number of anilines is 2. The maximum absolute atomic E-state index is 15.8. The fourth-order valence-corrected chi connectivity index (χ4v) is 5.82. The minimum atomic E-state index is -0.520. The number of piperidine rings is 1. The van der Waals surface area contributed by atoms with E-state index in [0.717, 1.165) is 39.3 Å². The van der Waals surface area contributed by atoms with E-state index in [1.54, 1.807) is 13.1 Å². The molecule has 0 aliphatic carbocycles. The van der Waals surface area contributed by atoms with Crippen LogP contribution in [0.2, 0.25) is 0 Å². The molecule has 3 aliphatic rings. The molecule has 0 atom stereocenters. The van der Waals surface area contributed by atoms with Gasteiger partial charge in [0.15, 0.2) is 11.6 Å². The summed E-state index contributed by atoms with van der Waals surface area (Å²) in [5.41, 5.74) is 1.07. The molecule has 2 aromatic rings. The Balaban J connectivity index is 0.00000148. The number of fused-ring (bicyclic) bond motifs is 1. The highest BCUT2D eigenvalue weighted by Gasteiger charge is 2.38. The predicted octanol–water partition coefficient (Wildman–Crippen LogP) is 3.09. The van der Waals surface area contributed by atoms with Gasteiger partial charge in [-0.3, -0.25) is 24.6 Å². The number of halogens is 1. The average molecular weight is 502 g/mol. The number of urea groups is 1. The SMILES string of the molecule is CC.Cn1nc(N2CCC(=O)NC2=O)c2ccc(N3CCN(C(C)(C)C4CCNCC4)CC3)c(F)c21. The number of hydrogen-bond donors (Lipinski definition) is 2. The molecule has 3 fully saturated rings. The van der Waals surface area contributed by atoms with Crippen molar-refractivity contribution in [2.75, 3.05) is 55.6 Å². The monoisotopic (exact) mass is 501 g/mol. The minimum Gasteiger partial charge on any atom is -0.367 e. The molecule has 10 heteroatoms. The molecule has 3 amide bonds. The highest BCUT2D eigenvalue weighted by Crippen LogP contribution is 2.36. The van der Waals surface area contributed by atoms with Crippen LogP contribution in [-0.4, -0.2) is 78.0 Å². The second-order valence-corrected chi connectivity index (χ2v) is 10.1. The standard InChI is InChI=1S/C24H34FN7O2.C2H6/c1-24(2,16-6-9-26-10-7-16)31-14-12-30(13-15-31)18-5-4-17-21(20(18)25)29(3)28-22(17)32-11-8-19(33)27-23(32)34;1-2/h4-5,16,26H,6-15H2,1-3H3,(H,27,33,34);1-2H3. The van der Waals surface area contributed by atoms with Crippen LogP contribution >= 0.6 is 0 Å². The van der Waals surface area contributed by atoms with Crippen LogP contribution in [0.3, 0.4) is 0 Å². The fourth-order valence-electron chi connectivity index (χ4n) is 5.82. The second kappa shape index (κ2) is 10.7. The molecule has 36 heavy (non-hydrogen) atoms. The number of carbonyl (C=O) groups excluding carboxylic acids is 2. The van der Waals surface area contributed by atoms with Gasteiger partial charge in [0, 0.05) is 57.1 Å². The van der Waals surface area contributed by atoms with Crippen molar-refractivity contribution in [2.24, 2.45) is 13.0 Å². The number of aromatic nitrogens is 2. The van der Waals surface area contributed by atoms with Gasteiger partial charge in [0.1, 0.15) is 5.52 Å². The summed E-state index contributed by atoms with van der Waals surface area (Å²) >= 11 is 0. The number of aryl methyl sites for hydroxylation is 1. The van der Waals surface area contributed by atoms with E-state index in [0.29, 0.717) is 28.3 Å². The lowest BCUT2D eigenvalue weighted by atomic mass is 9.79. The number of piperazine rings is 1. The Morgan fingerprint density at radius 1 is 1.03 bits per heavy atom. The fraction of sp³-hybridized carbons (Fsp3) is 0.654. The van der Waals surface area contributed by atoms with Crippen LogP contribution in [0.4, 0.5) is 20.7 Å². The van der Waals surface area contributed by atoms with Crippen LogP contribution < -0.4 is 20.4 Å². The molecule has 0 spiro atoms. The van der Waals surface area contributed by atoms with Crippen LogP contribution in [0, 0.1) is 11.7 Å². The van der Waals surface area contributed by atoms with Crippen LogP contribution in [0.1, 0.15) is 47.0 Å². The zero-order valence-electron chi connectivity index (χ0n) is 22.2. The van der Waals surface area contributed by atoms with Crippen LogP contribution in [-0.2, 0) is 11.8 Å². The number of imide groups is 1. The molecule has 0 bridgehead atoms. The van der Waals surface area contributed by atoms with E-state index in [9.17, 15) is 9.59 Å². The van der Waals surface area contributed by atoms with Crippen LogP contribution in [0.25, 0.3) is 10.9 Å². The Hall–Kier alpha value is -2.72. The van der Waals surface area contributed by atoms with Gasteiger partial charge in [-0.2, -0.15) is 5.10 Å². The second-order valence-electron chi connectivity index (χ2n) is 10.1. The van der Waals surface area contributed by atoms with Crippen LogP contribution in [0.5, 0.6) is 0 Å². The average Bonchev–Trinajstić information content (AvgIpc) is 3.23. The van der Waals surface area contributed by atoms with Gasteiger partial charge in [0.05, 0.1) is 5.69 Å². The normalized spacial score (nSPS) is 20.4. The first-order chi connectivity index (χ1) is 17.3. The van der Waals surface area contributed by atoms with Gasteiger partial charge in [-0.05, 0) is 57.8 Å². The topological polar surface area (TPSA) is 85.7 Å². The van der Waals surface area contributed by atoms with E-state index in [1.165, 1.54) is 22.4 Å². The lowest BCUT2D eigenvalue weighted by Crippen LogP contribution is -2.58. The first-order valence-electron chi connectivity index (χ1n) is 13.2. The van der Waals surface area contributed by atoms with E-state index in [1.807, 2.05) is 19.9 Å². The minimum absolute atomic E-state index is 0.129. The van der Waals surface area contributed by atoms with E-state index in [-0.39, 0.29) is 30.2 Å². The molecule has 5 rings (SSSR count). The van der Waals surface area contributed by atoms with Gasteiger partial charge in [-0.25, -0.2) is 9.18 Å². The molecule has 1 aromatic carbocycles. The summed E-state index contributed by atoms with van der Waals surface area (Å²) in [6, 6.07) is 3.11. The Morgan fingerprint density at radius 2 is 1.69 bits per heavy atom. The van der Waals surface area contributed by atoms with Crippen LogP contribution in [0.15, 0.2) is 12.1 Å². The smallest absolute Gasteiger partial charge is 0.329 e. The number of hydrogen-bond acceptors (Lipinski definition) is 6. The summed E-state index contributed by atoms with van der Waals surface area (Å²) < 4.78 is 17.3. The third kappa shape index (κ3) is 4.80. The van der Waals surface area contributed by atoms with E-state index < -0.39 is 6.03 Å². The van der Waals surface area contributed by atoms with Crippen molar-refractivity contribution < 1.29 is 14.0 Å². The van der Waals surface area contributed by atoms with Gasteiger partial charge in [0.25, 0.3) is 0 Å². The van der Waals surface area contributed by atoms with Crippen molar-refractivity contribution in [1.82, 2.24) is 25.3 Å². The predicted molar refractivity (Wildman–Crippen MR) is 141 cm³/mol. The molecule has 3 saturated heterocycles. The summed E-state index contributed by atoms with van der Waals surface area (Å²) in [6.07, 6.45) is 2.59. The molecular weight excluding hydrogens is 461 g/mol. The number of rotatable bonds is 4. The summed E-state index contributed by atoms with van der Waals surface area (Å²) in [5, 5.41) is 10.8. The van der Waals surface area contributed by atoms with Crippen molar-refractivity contribution in [1.29, 1.82) is 0 Å². The molecule has 198 valence electrons. The molecule has 9 nitrogen and oxygen atoms in total. The van der Waals surface area contributed by atoms with Gasteiger partial charge < -0.3 is 10.2 Å². The van der Waals surface area contributed by atoms with Crippen molar-refractivity contribution >= 4 is 34.3 Å². The first kappa shape index (κ1) is 26.3. The van der Waals surface area contributed by atoms with E-state index in [4.69, 9.17) is 0 Å². The van der Waals surface area contributed by atoms with Gasteiger partial charge in [0.2, 0.25) is 5.91 Å². The third-order valence-electron chi connectivity index (χ3n) is 7.99. The lowest BCUT2D eigenvalue weighted by Gasteiger charge is -2.49. The zero-order valence-corrected chi connectivity index (χ0v) is 22.2. The largest absolute Gasteiger partial charge is 0.367 e. The maximum atomic E-state index is 15.8. The summed E-state index contributed by atoms with van der Waals surface area (Å²) in [6.45, 7) is 14.4.